The van der Waals surface area contributed by atoms with Crippen LogP contribution in [-0.4, -0.2) is 31.1 Å². The average molecular weight is 471 g/mol. The molecular formula is C24H27FN4O3S. The number of hydrogen-bond acceptors (Lipinski definition) is 7. The Labute approximate surface area is 195 Å². The van der Waals surface area contributed by atoms with E-state index in [9.17, 15) is 19.4 Å². The van der Waals surface area contributed by atoms with E-state index in [1.165, 1.54) is 17.5 Å². The maximum atomic E-state index is 13.5. The molecule has 0 radical (unpaired) electrons. The first-order valence-electron chi connectivity index (χ1n) is 10.9. The van der Waals surface area contributed by atoms with Crippen LogP contribution in [0.25, 0.3) is 10.6 Å². The Bertz CT molecular complexity index is 1170. The molecule has 1 fully saturated rings. The summed E-state index contributed by atoms with van der Waals surface area (Å²) in [6, 6.07) is 5.45. The number of thiazole rings is 1. The first-order chi connectivity index (χ1) is 15.6. The number of pyridine rings is 2. The second-order valence-electron chi connectivity index (χ2n) is 8.92. The van der Waals surface area contributed by atoms with Crippen LogP contribution in [0.4, 0.5) is 16.0 Å². The van der Waals surface area contributed by atoms with E-state index in [4.69, 9.17) is 0 Å². The number of nitrogens with zero attached hydrogens (tertiary/aromatic N) is 3. The molecular weight excluding hydrogens is 443 g/mol. The van der Waals surface area contributed by atoms with Gasteiger partial charge in [-0.15, -0.1) is 11.3 Å². The topological polar surface area (TPSA) is 108 Å². The van der Waals surface area contributed by atoms with Crippen LogP contribution in [0.15, 0.2) is 30.6 Å². The molecule has 4 rings (SSSR count). The lowest BCUT2D eigenvalue weighted by Crippen LogP contribution is -2.35. The van der Waals surface area contributed by atoms with Crippen molar-refractivity contribution in [2.24, 2.45) is 11.8 Å². The average Bonchev–Trinajstić information content (AvgIpc) is 3.27. The van der Waals surface area contributed by atoms with Crippen LogP contribution in [0.5, 0.6) is 0 Å². The van der Waals surface area contributed by atoms with Crippen molar-refractivity contribution < 1.29 is 19.4 Å². The van der Waals surface area contributed by atoms with Gasteiger partial charge in [0, 0.05) is 6.20 Å². The lowest BCUT2D eigenvalue weighted by atomic mass is 9.74. The SMILES string of the molecule is Cc1cc(Nc2cc(C)c(F)cn2)nc(-c2cnc([C@@](C)(O)C3CCC(C(=O)O)CC3)s2)c1. The summed E-state index contributed by atoms with van der Waals surface area (Å²) in [7, 11) is 0. The van der Waals surface area contributed by atoms with Crippen molar-refractivity contribution in [2.75, 3.05) is 5.32 Å². The molecule has 1 aliphatic carbocycles. The Hall–Kier alpha value is -2.91. The number of halogens is 1. The van der Waals surface area contributed by atoms with E-state index in [0.29, 0.717) is 53.6 Å². The van der Waals surface area contributed by atoms with Crippen LogP contribution in [0.1, 0.15) is 48.7 Å². The van der Waals surface area contributed by atoms with E-state index < -0.39 is 11.6 Å². The quantitative estimate of drug-likeness (QED) is 0.454. The minimum atomic E-state index is -1.13. The van der Waals surface area contributed by atoms with Gasteiger partial charge >= 0.3 is 5.97 Å². The highest BCUT2D eigenvalue weighted by atomic mass is 32.1. The molecule has 0 amide bonds. The summed E-state index contributed by atoms with van der Waals surface area (Å²) >= 11 is 1.39. The molecule has 1 saturated carbocycles. The highest BCUT2D eigenvalue weighted by Crippen LogP contribution is 2.43. The number of nitrogens with one attached hydrogen (secondary N) is 1. The molecule has 1 aliphatic rings. The van der Waals surface area contributed by atoms with Crippen molar-refractivity contribution in [1.82, 2.24) is 15.0 Å². The molecule has 9 heteroatoms. The van der Waals surface area contributed by atoms with E-state index >= 15 is 0 Å². The Morgan fingerprint density at radius 1 is 1.12 bits per heavy atom. The lowest BCUT2D eigenvalue weighted by molar-refractivity contribution is -0.144. The molecule has 1 atom stereocenters. The fraction of sp³-hybridized carbons (Fsp3) is 0.417. The predicted molar refractivity (Wildman–Crippen MR) is 125 cm³/mol. The van der Waals surface area contributed by atoms with Gasteiger partial charge in [-0.25, -0.2) is 19.3 Å². The van der Waals surface area contributed by atoms with Crippen molar-refractivity contribution in [2.45, 2.75) is 52.1 Å². The molecule has 0 saturated heterocycles. The molecule has 33 heavy (non-hydrogen) atoms. The van der Waals surface area contributed by atoms with Crippen LogP contribution in [0.3, 0.4) is 0 Å². The van der Waals surface area contributed by atoms with E-state index in [-0.39, 0.29) is 17.7 Å². The van der Waals surface area contributed by atoms with Gasteiger partial charge in [0.15, 0.2) is 0 Å². The number of carbonyl (C=O) groups is 1. The van der Waals surface area contributed by atoms with Gasteiger partial charge in [0.1, 0.15) is 28.1 Å². The largest absolute Gasteiger partial charge is 0.481 e. The van der Waals surface area contributed by atoms with Gasteiger partial charge in [-0.3, -0.25) is 4.79 Å². The Morgan fingerprint density at radius 2 is 1.85 bits per heavy atom. The number of carboxylic acids is 1. The van der Waals surface area contributed by atoms with Crippen LogP contribution >= 0.6 is 11.3 Å². The molecule has 0 unspecified atom stereocenters. The molecule has 174 valence electrons. The van der Waals surface area contributed by atoms with Crippen LogP contribution in [0, 0.1) is 31.5 Å². The van der Waals surface area contributed by atoms with Crippen molar-refractivity contribution in [3.05, 3.63) is 52.5 Å². The monoisotopic (exact) mass is 470 g/mol. The zero-order valence-corrected chi connectivity index (χ0v) is 19.6. The van der Waals surface area contributed by atoms with Gasteiger partial charge in [0.05, 0.1) is 22.7 Å². The molecule has 0 aliphatic heterocycles. The molecule has 7 nitrogen and oxygen atoms in total. The van der Waals surface area contributed by atoms with Gasteiger partial charge in [-0.1, -0.05) is 0 Å². The Morgan fingerprint density at radius 3 is 2.52 bits per heavy atom. The third kappa shape index (κ3) is 5.04. The smallest absolute Gasteiger partial charge is 0.306 e. The molecule has 3 heterocycles. The number of aromatic nitrogens is 3. The second kappa shape index (κ2) is 9.15. The van der Waals surface area contributed by atoms with Gasteiger partial charge in [-0.2, -0.15) is 0 Å². The maximum Gasteiger partial charge on any atom is 0.306 e. The zero-order chi connectivity index (χ0) is 23.8. The summed E-state index contributed by atoms with van der Waals surface area (Å²) in [5.74, 6) is -0.405. The van der Waals surface area contributed by atoms with E-state index in [1.54, 1.807) is 26.1 Å². The van der Waals surface area contributed by atoms with E-state index in [0.717, 1.165) is 10.4 Å². The van der Waals surface area contributed by atoms with Gasteiger partial charge in [0.25, 0.3) is 0 Å². The van der Waals surface area contributed by atoms with Gasteiger partial charge in [0.2, 0.25) is 0 Å². The van der Waals surface area contributed by atoms with E-state index in [2.05, 4.69) is 20.3 Å². The normalized spacial score (nSPS) is 20.3. The molecule has 0 bridgehead atoms. The van der Waals surface area contributed by atoms with Crippen molar-refractivity contribution in [3.8, 4) is 10.6 Å². The zero-order valence-electron chi connectivity index (χ0n) is 18.8. The lowest BCUT2D eigenvalue weighted by Gasteiger charge is -2.35. The predicted octanol–water partition coefficient (Wildman–Crippen LogP) is 5.20. The van der Waals surface area contributed by atoms with Crippen molar-refractivity contribution in [3.63, 3.8) is 0 Å². The summed E-state index contributed by atoms with van der Waals surface area (Å²) < 4.78 is 13.5. The standard InChI is InChI=1S/C24H27FN4O3S/c1-13-8-18(28-21(9-13)29-20-10-14(2)17(25)11-26-20)19-12-27-23(33-19)24(3,32)16-6-4-15(5-7-16)22(30)31/h8-12,15-16,32H,4-7H2,1-3H3,(H,30,31)(H,26,28,29)/t15?,16?,24-/m0/s1. The van der Waals surface area contributed by atoms with Crippen LogP contribution < -0.4 is 5.32 Å². The molecule has 3 aromatic rings. The minimum absolute atomic E-state index is 0.0393. The molecule has 3 N–H and O–H groups in total. The number of anilines is 2. The highest BCUT2D eigenvalue weighted by molar-refractivity contribution is 7.15. The van der Waals surface area contributed by atoms with Crippen LogP contribution in [-0.2, 0) is 10.4 Å². The first-order valence-corrected chi connectivity index (χ1v) is 11.7. The highest BCUT2D eigenvalue weighted by Gasteiger charge is 2.40. The number of hydrogen-bond donors (Lipinski definition) is 3. The number of aliphatic hydroxyl groups is 1. The Kier molecular flexibility index (Phi) is 6.45. The summed E-state index contributed by atoms with van der Waals surface area (Å²) in [5.41, 5.74) is 1.06. The number of aliphatic carboxylic acids is 1. The third-order valence-corrected chi connectivity index (χ3v) is 7.58. The van der Waals surface area contributed by atoms with Gasteiger partial charge in [-0.05, 0) is 81.7 Å². The Balaban J connectivity index is 1.54. The minimum Gasteiger partial charge on any atom is -0.481 e. The fourth-order valence-electron chi connectivity index (χ4n) is 4.30. The summed E-state index contributed by atoms with van der Waals surface area (Å²) in [6.07, 6.45) is 5.33. The summed E-state index contributed by atoms with van der Waals surface area (Å²) in [5, 5.41) is 24.2. The first kappa shape index (κ1) is 23.3. The maximum absolute atomic E-state index is 13.5. The third-order valence-electron chi connectivity index (χ3n) is 6.34. The molecule has 0 spiro atoms. The molecule has 3 aromatic heterocycles. The summed E-state index contributed by atoms with van der Waals surface area (Å²) in [6.45, 7) is 5.40. The number of rotatable bonds is 6. The van der Waals surface area contributed by atoms with Crippen molar-refractivity contribution >= 4 is 28.9 Å². The second-order valence-corrected chi connectivity index (χ2v) is 9.95. The number of carboxylic acid groups (broad SMARTS) is 1. The van der Waals surface area contributed by atoms with Crippen molar-refractivity contribution in [1.29, 1.82) is 0 Å². The van der Waals surface area contributed by atoms with E-state index in [1.807, 2.05) is 19.1 Å². The van der Waals surface area contributed by atoms with Gasteiger partial charge < -0.3 is 15.5 Å². The summed E-state index contributed by atoms with van der Waals surface area (Å²) in [4.78, 5) is 25.3. The fourth-order valence-corrected chi connectivity index (χ4v) is 5.30. The molecule has 0 aromatic carbocycles. The number of aryl methyl sites for hydroxylation is 2. The van der Waals surface area contributed by atoms with Crippen LogP contribution in [0.2, 0.25) is 0 Å².